The highest BCUT2D eigenvalue weighted by Crippen LogP contribution is 2.28. The van der Waals surface area contributed by atoms with Crippen molar-refractivity contribution in [2.75, 3.05) is 6.61 Å². The van der Waals surface area contributed by atoms with Crippen molar-refractivity contribution in [3.05, 3.63) is 0 Å². The minimum atomic E-state index is -0.222. The van der Waals surface area contributed by atoms with Gasteiger partial charge in [-0.15, -0.1) is 0 Å². The first-order valence-electron chi connectivity index (χ1n) is 6.02. The maximum atomic E-state index is 9.10. The van der Waals surface area contributed by atoms with Gasteiger partial charge in [0.25, 0.3) is 0 Å². The van der Waals surface area contributed by atoms with Gasteiger partial charge in [0.1, 0.15) is 0 Å². The number of aliphatic hydroxyl groups excluding tert-OH is 1. The number of aliphatic hydroxyl groups is 1. The summed E-state index contributed by atoms with van der Waals surface area (Å²) >= 11 is 0. The van der Waals surface area contributed by atoms with Gasteiger partial charge < -0.3 is 9.84 Å². The Bertz CT molecular complexity index is 145. The fourth-order valence-corrected chi connectivity index (χ4v) is 2.17. The molecule has 0 amide bonds. The van der Waals surface area contributed by atoms with E-state index in [-0.39, 0.29) is 6.10 Å². The van der Waals surface area contributed by atoms with E-state index in [4.69, 9.17) is 9.84 Å². The van der Waals surface area contributed by atoms with Crippen LogP contribution in [-0.4, -0.2) is 23.9 Å². The Balaban J connectivity index is 2.11. The molecule has 14 heavy (non-hydrogen) atoms. The van der Waals surface area contributed by atoms with E-state index in [1.807, 2.05) is 6.92 Å². The summed E-state index contributed by atoms with van der Waals surface area (Å²) in [6.07, 6.45) is 7.45. The fourth-order valence-electron chi connectivity index (χ4n) is 2.17. The van der Waals surface area contributed by atoms with E-state index < -0.39 is 0 Å². The van der Waals surface area contributed by atoms with Crippen LogP contribution in [0.3, 0.4) is 0 Å². The monoisotopic (exact) mass is 200 g/mol. The third-order valence-electron chi connectivity index (χ3n) is 3.20. The normalized spacial score (nSPS) is 30.2. The smallest absolute Gasteiger partial charge is 0.0577 e. The molecule has 2 nitrogen and oxygen atoms in total. The fraction of sp³-hybridized carbons (Fsp3) is 1.00. The number of ether oxygens (including phenoxy) is 1. The highest BCUT2D eigenvalue weighted by molar-refractivity contribution is 4.72. The lowest BCUT2D eigenvalue weighted by atomic mass is 9.85. The van der Waals surface area contributed by atoms with E-state index in [0.717, 1.165) is 18.9 Å². The molecule has 0 spiro atoms. The van der Waals surface area contributed by atoms with Gasteiger partial charge in [-0.2, -0.15) is 0 Å². The highest BCUT2D eigenvalue weighted by Gasteiger charge is 2.20. The second-order valence-electron chi connectivity index (χ2n) is 4.57. The Morgan fingerprint density at radius 2 is 2.21 bits per heavy atom. The van der Waals surface area contributed by atoms with Gasteiger partial charge in [-0.05, 0) is 32.1 Å². The van der Waals surface area contributed by atoms with Gasteiger partial charge in [0.15, 0.2) is 0 Å². The lowest BCUT2D eigenvalue weighted by molar-refractivity contribution is -0.00116. The van der Waals surface area contributed by atoms with E-state index >= 15 is 0 Å². The van der Waals surface area contributed by atoms with Crippen molar-refractivity contribution in [3.8, 4) is 0 Å². The van der Waals surface area contributed by atoms with Gasteiger partial charge in [-0.3, -0.25) is 0 Å². The number of hydrogen-bond acceptors (Lipinski definition) is 2. The van der Waals surface area contributed by atoms with Crippen LogP contribution >= 0.6 is 0 Å². The third-order valence-corrected chi connectivity index (χ3v) is 3.20. The number of rotatable bonds is 5. The standard InChI is InChI=1S/C12H24O2/c1-3-11-5-4-6-12(9-11)14-8-7-10(2)13/h10-13H,3-9H2,1-2H3. The third kappa shape index (κ3) is 4.43. The van der Waals surface area contributed by atoms with Gasteiger partial charge >= 0.3 is 0 Å². The maximum absolute atomic E-state index is 9.10. The second kappa shape index (κ2) is 6.41. The quantitative estimate of drug-likeness (QED) is 0.739. The Morgan fingerprint density at radius 3 is 2.86 bits per heavy atom. The molecule has 1 rings (SSSR count). The zero-order chi connectivity index (χ0) is 10.4. The van der Waals surface area contributed by atoms with Crippen molar-refractivity contribution in [2.24, 2.45) is 5.92 Å². The zero-order valence-corrected chi connectivity index (χ0v) is 9.54. The van der Waals surface area contributed by atoms with Crippen LogP contribution in [0.25, 0.3) is 0 Å². The molecule has 1 fully saturated rings. The molecule has 3 atom stereocenters. The van der Waals surface area contributed by atoms with Gasteiger partial charge in [0.05, 0.1) is 12.2 Å². The summed E-state index contributed by atoms with van der Waals surface area (Å²) in [5, 5.41) is 9.10. The summed E-state index contributed by atoms with van der Waals surface area (Å²) < 4.78 is 5.77. The van der Waals surface area contributed by atoms with Crippen LogP contribution in [-0.2, 0) is 4.74 Å². The molecule has 0 aromatic carbocycles. The van der Waals surface area contributed by atoms with Crippen molar-refractivity contribution in [1.29, 1.82) is 0 Å². The summed E-state index contributed by atoms with van der Waals surface area (Å²) in [7, 11) is 0. The topological polar surface area (TPSA) is 29.5 Å². The van der Waals surface area contributed by atoms with E-state index in [1.54, 1.807) is 0 Å². The molecule has 0 radical (unpaired) electrons. The number of hydrogen-bond donors (Lipinski definition) is 1. The lowest BCUT2D eigenvalue weighted by Gasteiger charge is -2.28. The molecule has 0 aromatic rings. The summed E-state index contributed by atoms with van der Waals surface area (Å²) in [5.74, 6) is 0.875. The Hall–Kier alpha value is -0.0800. The van der Waals surface area contributed by atoms with Gasteiger partial charge in [-0.1, -0.05) is 26.2 Å². The van der Waals surface area contributed by atoms with Gasteiger partial charge in [0.2, 0.25) is 0 Å². The van der Waals surface area contributed by atoms with Crippen molar-refractivity contribution in [1.82, 2.24) is 0 Å². The molecule has 0 heterocycles. The molecule has 84 valence electrons. The molecule has 0 aromatic heterocycles. The maximum Gasteiger partial charge on any atom is 0.0577 e. The van der Waals surface area contributed by atoms with Crippen LogP contribution < -0.4 is 0 Å². The molecule has 1 saturated carbocycles. The van der Waals surface area contributed by atoms with Crippen LogP contribution in [0.4, 0.5) is 0 Å². The van der Waals surface area contributed by atoms with E-state index in [0.29, 0.717) is 6.10 Å². The first-order valence-corrected chi connectivity index (χ1v) is 6.02. The molecule has 0 bridgehead atoms. The molecule has 1 N–H and O–H groups in total. The van der Waals surface area contributed by atoms with Crippen LogP contribution in [0, 0.1) is 5.92 Å². The SMILES string of the molecule is CCC1CCCC(OCCC(C)O)C1. The highest BCUT2D eigenvalue weighted by atomic mass is 16.5. The van der Waals surface area contributed by atoms with Crippen LogP contribution in [0.2, 0.25) is 0 Å². The summed E-state index contributed by atoms with van der Waals surface area (Å²) in [6, 6.07) is 0. The van der Waals surface area contributed by atoms with Crippen molar-refractivity contribution in [2.45, 2.75) is 64.6 Å². The Kier molecular flexibility index (Phi) is 5.49. The molecule has 0 saturated heterocycles. The predicted molar refractivity (Wildman–Crippen MR) is 58.3 cm³/mol. The van der Waals surface area contributed by atoms with Gasteiger partial charge in [-0.25, -0.2) is 0 Å². The molecular weight excluding hydrogens is 176 g/mol. The van der Waals surface area contributed by atoms with Crippen LogP contribution in [0.15, 0.2) is 0 Å². The molecule has 2 heteroatoms. The average molecular weight is 200 g/mol. The molecule has 1 aliphatic carbocycles. The largest absolute Gasteiger partial charge is 0.393 e. The van der Waals surface area contributed by atoms with E-state index in [9.17, 15) is 0 Å². The van der Waals surface area contributed by atoms with E-state index in [2.05, 4.69) is 6.92 Å². The zero-order valence-electron chi connectivity index (χ0n) is 9.54. The minimum absolute atomic E-state index is 0.222. The molecule has 0 aliphatic heterocycles. The Morgan fingerprint density at radius 1 is 1.43 bits per heavy atom. The second-order valence-corrected chi connectivity index (χ2v) is 4.57. The van der Waals surface area contributed by atoms with Crippen molar-refractivity contribution in [3.63, 3.8) is 0 Å². The first-order chi connectivity index (χ1) is 6.72. The predicted octanol–water partition coefficient (Wildman–Crippen LogP) is 2.74. The summed E-state index contributed by atoms with van der Waals surface area (Å²) in [6.45, 7) is 4.81. The van der Waals surface area contributed by atoms with E-state index in [1.165, 1.54) is 32.1 Å². The summed E-state index contributed by atoms with van der Waals surface area (Å²) in [5.41, 5.74) is 0. The van der Waals surface area contributed by atoms with Crippen molar-refractivity contribution < 1.29 is 9.84 Å². The first kappa shape index (κ1) is 12.0. The van der Waals surface area contributed by atoms with Crippen LogP contribution in [0.1, 0.15) is 52.4 Å². The minimum Gasteiger partial charge on any atom is -0.393 e. The molecule has 3 unspecified atom stereocenters. The molecular formula is C12H24O2. The van der Waals surface area contributed by atoms with Crippen molar-refractivity contribution >= 4 is 0 Å². The molecule has 1 aliphatic rings. The summed E-state index contributed by atoms with van der Waals surface area (Å²) in [4.78, 5) is 0. The average Bonchev–Trinajstić information content (AvgIpc) is 2.18. The van der Waals surface area contributed by atoms with Gasteiger partial charge in [0, 0.05) is 6.61 Å². The Labute approximate surface area is 87.7 Å². The lowest BCUT2D eigenvalue weighted by Crippen LogP contribution is -2.23. The van der Waals surface area contributed by atoms with Crippen LogP contribution in [0.5, 0.6) is 0 Å².